The number of halogens is 1. The number of β-amino-alcohol motifs (C(OH)–C–C–N with tert-alkyl or cyclic N) is 1. The zero-order valence-electron chi connectivity index (χ0n) is 12.3. The van der Waals surface area contributed by atoms with E-state index in [0.717, 1.165) is 36.6 Å². The van der Waals surface area contributed by atoms with Crippen LogP contribution in [0.5, 0.6) is 5.75 Å². The number of likely N-dealkylation sites (tertiary alicyclic amines) is 1. The summed E-state index contributed by atoms with van der Waals surface area (Å²) in [5.41, 5.74) is 0. The fourth-order valence-corrected chi connectivity index (χ4v) is 3.43. The third-order valence-corrected chi connectivity index (χ3v) is 4.93. The molecule has 22 heavy (non-hydrogen) atoms. The van der Waals surface area contributed by atoms with Crippen LogP contribution in [0.15, 0.2) is 41.8 Å². The maximum atomic E-state index is 12.9. The first-order valence-corrected chi connectivity index (χ1v) is 8.45. The van der Waals surface area contributed by atoms with Gasteiger partial charge in [0.1, 0.15) is 23.8 Å². The zero-order valence-corrected chi connectivity index (χ0v) is 13.1. The lowest BCUT2D eigenvalue weighted by Crippen LogP contribution is -2.40. The smallest absolute Gasteiger partial charge is 0.123 e. The largest absolute Gasteiger partial charge is 0.490 e. The number of thiophene rings is 1. The van der Waals surface area contributed by atoms with E-state index in [1.54, 1.807) is 23.5 Å². The van der Waals surface area contributed by atoms with Gasteiger partial charge < -0.3 is 14.7 Å². The first-order valence-electron chi connectivity index (χ1n) is 7.57. The van der Waals surface area contributed by atoms with Crippen LogP contribution in [0.25, 0.3) is 0 Å². The molecule has 0 aliphatic carbocycles. The molecule has 1 saturated heterocycles. The van der Waals surface area contributed by atoms with Gasteiger partial charge in [0.2, 0.25) is 0 Å². The van der Waals surface area contributed by atoms with Crippen LogP contribution in [0.2, 0.25) is 0 Å². The Morgan fingerprint density at radius 3 is 2.59 bits per heavy atom. The number of hydrogen-bond acceptors (Lipinski definition) is 4. The monoisotopic (exact) mass is 321 g/mol. The Labute approximate surface area is 134 Å². The molecular formula is C17H20FNO2S. The van der Waals surface area contributed by atoms with Crippen LogP contribution in [0.1, 0.15) is 23.8 Å². The zero-order chi connectivity index (χ0) is 15.4. The molecule has 5 heteroatoms. The summed E-state index contributed by atoms with van der Waals surface area (Å²) in [5, 5.41) is 12.2. The van der Waals surface area contributed by atoms with Gasteiger partial charge in [0, 0.05) is 24.5 Å². The van der Waals surface area contributed by atoms with Crippen LogP contribution in [-0.2, 0) is 0 Å². The third-order valence-electron chi connectivity index (χ3n) is 3.95. The van der Waals surface area contributed by atoms with E-state index in [2.05, 4.69) is 4.90 Å². The summed E-state index contributed by atoms with van der Waals surface area (Å²) in [5.74, 6) is 0.475. The van der Waals surface area contributed by atoms with Gasteiger partial charge in [-0.15, -0.1) is 11.3 Å². The minimum atomic E-state index is -0.408. The van der Waals surface area contributed by atoms with Crippen molar-refractivity contribution in [2.24, 2.45) is 0 Å². The van der Waals surface area contributed by atoms with Crippen molar-refractivity contribution in [2.75, 3.05) is 19.6 Å². The summed E-state index contributed by atoms with van der Waals surface area (Å²) in [6, 6.07) is 10.1. The fraction of sp³-hybridized carbons (Fsp3) is 0.412. The molecule has 1 fully saturated rings. The van der Waals surface area contributed by atoms with Crippen molar-refractivity contribution in [3.63, 3.8) is 0 Å². The van der Waals surface area contributed by atoms with Crippen LogP contribution in [0.4, 0.5) is 4.39 Å². The van der Waals surface area contributed by atoms with Crippen LogP contribution < -0.4 is 4.74 Å². The minimum Gasteiger partial charge on any atom is -0.490 e. The molecule has 1 aromatic carbocycles. The maximum Gasteiger partial charge on any atom is 0.123 e. The van der Waals surface area contributed by atoms with E-state index in [9.17, 15) is 9.50 Å². The van der Waals surface area contributed by atoms with E-state index in [1.165, 1.54) is 12.1 Å². The van der Waals surface area contributed by atoms with Gasteiger partial charge in [-0.05, 0) is 48.6 Å². The predicted octanol–water partition coefficient (Wildman–Crippen LogP) is 3.46. The van der Waals surface area contributed by atoms with Gasteiger partial charge >= 0.3 is 0 Å². The molecule has 3 rings (SSSR count). The Hall–Kier alpha value is -1.43. The van der Waals surface area contributed by atoms with Crippen molar-refractivity contribution in [2.45, 2.75) is 25.0 Å². The number of nitrogens with zero attached hydrogens (tertiary/aromatic N) is 1. The molecule has 0 saturated carbocycles. The summed E-state index contributed by atoms with van der Waals surface area (Å²) in [6.45, 7) is 2.49. The van der Waals surface area contributed by atoms with Gasteiger partial charge in [-0.1, -0.05) is 6.07 Å². The molecule has 0 spiro atoms. The van der Waals surface area contributed by atoms with E-state index < -0.39 is 6.10 Å². The van der Waals surface area contributed by atoms with Gasteiger partial charge in [0.05, 0.1) is 0 Å². The molecule has 3 nitrogen and oxygen atoms in total. The van der Waals surface area contributed by atoms with Gasteiger partial charge in [-0.25, -0.2) is 4.39 Å². The molecule has 1 aliphatic heterocycles. The highest BCUT2D eigenvalue weighted by Gasteiger charge is 2.23. The van der Waals surface area contributed by atoms with Gasteiger partial charge in [-0.3, -0.25) is 0 Å². The van der Waals surface area contributed by atoms with Crippen molar-refractivity contribution in [3.8, 4) is 5.75 Å². The first-order chi connectivity index (χ1) is 10.7. The van der Waals surface area contributed by atoms with Crippen LogP contribution in [0, 0.1) is 5.82 Å². The van der Waals surface area contributed by atoms with Crippen molar-refractivity contribution in [3.05, 3.63) is 52.5 Å². The number of hydrogen-bond donors (Lipinski definition) is 1. The van der Waals surface area contributed by atoms with Crippen molar-refractivity contribution >= 4 is 11.3 Å². The quantitative estimate of drug-likeness (QED) is 0.915. The SMILES string of the molecule is OC(CN1CCC(Oc2ccc(F)cc2)CC1)c1cccs1. The lowest BCUT2D eigenvalue weighted by Gasteiger charge is -2.33. The molecular weight excluding hydrogens is 301 g/mol. The number of aliphatic hydroxyl groups is 1. The first kappa shape index (κ1) is 15.5. The molecule has 2 aromatic rings. The van der Waals surface area contributed by atoms with E-state index in [1.807, 2.05) is 17.5 Å². The van der Waals surface area contributed by atoms with E-state index in [-0.39, 0.29) is 11.9 Å². The normalized spacial score (nSPS) is 18.3. The van der Waals surface area contributed by atoms with Crippen LogP contribution in [0.3, 0.4) is 0 Å². The summed E-state index contributed by atoms with van der Waals surface area (Å²) >= 11 is 1.59. The van der Waals surface area contributed by atoms with Gasteiger partial charge in [0.15, 0.2) is 0 Å². The van der Waals surface area contributed by atoms with Gasteiger partial charge in [0.25, 0.3) is 0 Å². The second kappa shape index (κ2) is 7.22. The Balaban J connectivity index is 1.45. The summed E-state index contributed by atoms with van der Waals surface area (Å²) in [6.07, 6.45) is 1.61. The molecule has 118 valence electrons. The van der Waals surface area contributed by atoms with E-state index >= 15 is 0 Å². The average molecular weight is 321 g/mol. The average Bonchev–Trinajstić information content (AvgIpc) is 3.06. The summed E-state index contributed by atoms with van der Waals surface area (Å²) in [4.78, 5) is 3.29. The lowest BCUT2D eigenvalue weighted by molar-refractivity contribution is 0.0622. The van der Waals surface area contributed by atoms with Crippen molar-refractivity contribution in [1.29, 1.82) is 0 Å². The molecule has 1 aliphatic rings. The Kier molecular flexibility index (Phi) is 5.08. The second-order valence-electron chi connectivity index (χ2n) is 5.60. The molecule has 1 aromatic heterocycles. The number of aliphatic hydroxyl groups excluding tert-OH is 1. The van der Waals surface area contributed by atoms with Crippen molar-refractivity contribution < 1.29 is 14.2 Å². The van der Waals surface area contributed by atoms with Crippen LogP contribution >= 0.6 is 11.3 Å². The number of ether oxygens (including phenoxy) is 1. The minimum absolute atomic E-state index is 0.167. The van der Waals surface area contributed by atoms with E-state index in [4.69, 9.17) is 4.74 Å². The third kappa shape index (κ3) is 4.06. The highest BCUT2D eigenvalue weighted by atomic mass is 32.1. The lowest BCUT2D eigenvalue weighted by atomic mass is 10.1. The maximum absolute atomic E-state index is 12.9. The predicted molar refractivity (Wildman–Crippen MR) is 85.8 cm³/mol. The second-order valence-corrected chi connectivity index (χ2v) is 6.58. The summed E-state index contributed by atoms with van der Waals surface area (Å²) < 4.78 is 18.8. The topological polar surface area (TPSA) is 32.7 Å². The van der Waals surface area contributed by atoms with Gasteiger partial charge in [-0.2, -0.15) is 0 Å². The Morgan fingerprint density at radius 2 is 1.95 bits per heavy atom. The standard InChI is InChI=1S/C17H20FNO2S/c18-13-3-5-14(6-4-13)21-15-7-9-19(10-8-15)12-16(20)17-2-1-11-22-17/h1-6,11,15-16,20H,7-10,12H2. The molecule has 0 radical (unpaired) electrons. The highest BCUT2D eigenvalue weighted by Crippen LogP contribution is 2.23. The number of benzene rings is 1. The number of rotatable bonds is 5. The summed E-state index contributed by atoms with van der Waals surface area (Å²) in [7, 11) is 0. The van der Waals surface area contributed by atoms with Crippen molar-refractivity contribution in [1.82, 2.24) is 4.90 Å². The molecule has 1 N–H and O–H groups in total. The Bertz CT molecular complexity index is 565. The molecule has 0 bridgehead atoms. The molecule has 2 heterocycles. The van der Waals surface area contributed by atoms with E-state index in [0.29, 0.717) is 6.54 Å². The highest BCUT2D eigenvalue weighted by molar-refractivity contribution is 7.10. The Morgan fingerprint density at radius 1 is 1.23 bits per heavy atom. The fourth-order valence-electron chi connectivity index (χ4n) is 2.73. The number of piperidine rings is 1. The molecule has 0 amide bonds. The molecule has 1 unspecified atom stereocenters. The van der Waals surface area contributed by atoms with Crippen LogP contribution in [-0.4, -0.2) is 35.7 Å². The molecule has 1 atom stereocenters.